The lowest BCUT2D eigenvalue weighted by molar-refractivity contribution is -0.131. The summed E-state index contributed by atoms with van der Waals surface area (Å²) in [6.45, 7) is 5.74. The number of anilines is 1. The monoisotopic (exact) mass is 507 g/mol. The molecule has 200 valence electrons. The molecule has 0 unspecified atom stereocenters. The summed E-state index contributed by atoms with van der Waals surface area (Å²) >= 11 is 0. The van der Waals surface area contributed by atoms with Gasteiger partial charge in [0.2, 0.25) is 17.7 Å². The molecule has 1 rings (SSSR count). The van der Waals surface area contributed by atoms with Crippen molar-refractivity contribution in [2.75, 3.05) is 25.0 Å². The molecule has 0 heterocycles. The molecule has 9 N–H and O–H groups in total. The first-order valence-corrected chi connectivity index (χ1v) is 11.6. The highest BCUT2D eigenvalue weighted by Crippen LogP contribution is 2.12. The standard InChI is InChI=1S/C23H37N7O6/c1-14(2)19(28-15(3)31)21(33)30-18(5-4-11-26-22(25)34)20(32)29-17-8-6-16(7-9-17)13-36-23(35)27-12-10-24/h6-9,14,18-19H,4-5,10-13,24H2,1-3H3,(H,27,35)(H,28,31)(H,29,32)(H,30,33)(H3,25,26,34)/t18-,19-/m0/s1. The van der Waals surface area contributed by atoms with Crippen molar-refractivity contribution in [2.45, 2.75) is 52.3 Å². The van der Waals surface area contributed by atoms with E-state index < -0.39 is 36.0 Å². The van der Waals surface area contributed by atoms with Crippen molar-refractivity contribution in [3.8, 4) is 0 Å². The first-order chi connectivity index (χ1) is 17.0. The second kappa shape index (κ2) is 15.9. The molecule has 6 amide bonds. The Morgan fingerprint density at radius 1 is 0.944 bits per heavy atom. The van der Waals surface area contributed by atoms with Gasteiger partial charge in [-0.25, -0.2) is 9.59 Å². The van der Waals surface area contributed by atoms with Gasteiger partial charge in [0.15, 0.2) is 0 Å². The summed E-state index contributed by atoms with van der Waals surface area (Å²) in [5.74, 6) is -1.54. The van der Waals surface area contributed by atoms with Crippen LogP contribution in [0.1, 0.15) is 39.2 Å². The van der Waals surface area contributed by atoms with Gasteiger partial charge in [-0.3, -0.25) is 14.4 Å². The molecule has 1 aromatic rings. The SMILES string of the molecule is CC(=O)N[C@H](C(=O)N[C@@H](CCCNC(N)=O)C(=O)Nc1ccc(COC(=O)NCCN)cc1)C(C)C. The van der Waals surface area contributed by atoms with Gasteiger partial charge in [0, 0.05) is 32.2 Å². The quantitative estimate of drug-likeness (QED) is 0.170. The maximum atomic E-state index is 13.0. The van der Waals surface area contributed by atoms with Crippen LogP contribution < -0.4 is 38.1 Å². The van der Waals surface area contributed by atoms with Crippen molar-refractivity contribution in [3.63, 3.8) is 0 Å². The van der Waals surface area contributed by atoms with Crippen LogP contribution in [0.15, 0.2) is 24.3 Å². The van der Waals surface area contributed by atoms with Crippen molar-refractivity contribution < 1.29 is 28.7 Å². The Bertz CT molecular complexity index is 891. The molecule has 0 fully saturated rings. The van der Waals surface area contributed by atoms with Crippen LogP contribution >= 0.6 is 0 Å². The highest BCUT2D eigenvalue weighted by molar-refractivity contribution is 5.98. The van der Waals surface area contributed by atoms with Gasteiger partial charge in [0.1, 0.15) is 18.7 Å². The number of hydrogen-bond donors (Lipinski definition) is 7. The zero-order valence-corrected chi connectivity index (χ0v) is 20.9. The Morgan fingerprint density at radius 2 is 1.61 bits per heavy atom. The number of benzene rings is 1. The molecule has 1 aromatic carbocycles. The van der Waals surface area contributed by atoms with Gasteiger partial charge in [-0.1, -0.05) is 26.0 Å². The third-order valence-corrected chi connectivity index (χ3v) is 4.91. The number of nitrogens with one attached hydrogen (secondary N) is 5. The van der Waals surface area contributed by atoms with Crippen LogP contribution in [0.25, 0.3) is 0 Å². The number of primary amides is 1. The molecule has 13 nitrogen and oxygen atoms in total. The highest BCUT2D eigenvalue weighted by atomic mass is 16.5. The van der Waals surface area contributed by atoms with E-state index in [4.69, 9.17) is 16.2 Å². The Kier molecular flexibility index (Phi) is 13.3. The van der Waals surface area contributed by atoms with E-state index in [1.54, 1.807) is 38.1 Å². The lowest BCUT2D eigenvalue weighted by atomic mass is 10.0. The maximum absolute atomic E-state index is 13.0. The number of carbonyl (C=O) groups excluding carboxylic acids is 5. The Balaban J connectivity index is 2.82. The molecule has 0 aliphatic carbocycles. The number of ether oxygens (including phenoxy) is 1. The topological polar surface area (TPSA) is 207 Å². The molecule has 0 bridgehead atoms. The first kappa shape index (κ1) is 30.2. The van der Waals surface area contributed by atoms with Gasteiger partial charge < -0.3 is 42.8 Å². The molecule has 2 atom stereocenters. The summed E-state index contributed by atoms with van der Waals surface area (Å²) in [7, 11) is 0. The summed E-state index contributed by atoms with van der Waals surface area (Å²) < 4.78 is 5.06. The normalized spacial score (nSPS) is 12.1. The fraction of sp³-hybridized carbons (Fsp3) is 0.522. The van der Waals surface area contributed by atoms with Gasteiger partial charge in [0.05, 0.1) is 0 Å². The van der Waals surface area contributed by atoms with Crippen LogP contribution in [0.5, 0.6) is 0 Å². The third kappa shape index (κ3) is 12.0. The predicted molar refractivity (Wildman–Crippen MR) is 134 cm³/mol. The Labute approximate surface area is 210 Å². The molecule has 0 saturated carbocycles. The fourth-order valence-corrected chi connectivity index (χ4v) is 3.09. The van der Waals surface area contributed by atoms with E-state index >= 15 is 0 Å². The minimum atomic E-state index is -0.934. The Morgan fingerprint density at radius 3 is 2.17 bits per heavy atom. The average Bonchev–Trinajstić information content (AvgIpc) is 2.81. The van der Waals surface area contributed by atoms with Crippen LogP contribution in [-0.2, 0) is 25.7 Å². The summed E-state index contributed by atoms with van der Waals surface area (Å²) in [5, 5.41) is 12.9. The van der Waals surface area contributed by atoms with Crippen molar-refractivity contribution in [2.24, 2.45) is 17.4 Å². The smallest absolute Gasteiger partial charge is 0.407 e. The van der Waals surface area contributed by atoms with Gasteiger partial charge in [-0.05, 0) is 36.5 Å². The molecule has 0 radical (unpaired) electrons. The lowest BCUT2D eigenvalue weighted by Gasteiger charge is -2.25. The Hall–Kier alpha value is -3.87. The van der Waals surface area contributed by atoms with Crippen molar-refractivity contribution >= 4 is 35.5 Å². The maximum Gasteiger partial charge on any atom is 0.407 e. The van der Waals surface area contributed by atoms with Crippen molar-refractivity contribution in [1.82, 2.24) is 21.3 Å². The fourth-order valence-electron chi connectivity index (χ4n) is 3.09. The van der Waals surface area contributed by atoms with Gasteiger partial charge >= 0.3 is 12.1 Å². The molecule has 36 heavy (non-hydrogen) atoms. The molecule has 0 spiro atoms. The summed E-state index contributed by atoms with van der Waals surface area (Å²) in [6.07, 6.45) is 0.00395. The third-order valence-electron chi connectivity index (χ3n) is 4.91. The average molecular weight is 508 g/mol. The van der Waals surface area contributed by atoms with Crippen LogP contribution in [0.2, 0.25) is 0 Å². The summed E-state index contributed by atoms with van der Waals surface area (Å²) in [5.41, 5.74) is 11.6. The summed E-state index contributed by atoms with van der Waals surface area (Å²) in [6, 6.07) is 4.20. The van der Waals surface area contributed by atoms with Crippen molar-refractivity contribution in [1.29, 1.82) is 0 Å². The first-order valence-electron chi connectivity index (χ1n) is 11.6. The molecule has 0 aliphatic heterocycles. The second-order valence-electron chi connectivity index (χ2n) is 8.39. The minimum Gasteiger partial charge on any atom is -0.445 e. The van der Waals surface area contributed by atoms with Gasteiger partial charge in [0.25, 0.3) is 0 Å². The van der Waals surface area contributed by atoms with E-state index in [2.05, 4.69) is 26.6 Å². The number of nitrogens with two attached hydrogens (primary N) is 2. The van der Waals surface area contributed by atoms with E-state index in [9.17, 15) is 24.0 Å². The largest absolute Gasteiger partial charge is 0.445 e. The van der Waals surface area contributed by atoms with Crippen LogP contribution in [0.3, 0.4) is 0 Å². The van der Waals surface area contributed by atoms with E-state index in [1.807, 2.05) is 0 Å². The number of alkyl carbamates (subject to hydrolysis) is 1. The zero-order chi connectivity index (χ0) is 27.1. The molecular weight excluding hydrogens is 470 g/mol. The lowest BCUT2D eigenvalue weighted by Crippen LogP contribution is -2.54. The van der Waals surface area contributed by atoms with Gasteiger partial charge in [-0.2, -0.15) is 0 Å². The van der Waals surface area contributed by atoms with E-state index in [-0.39, 0.29) is 31.4 Å². The number of carbonyl (C=O) groups is 5. The number of rotatable bonds is 14. The molecule has 0 saturated heterocycles. The van der Waals surface area contributed by atoms with E-state index in [1.165, 1.54) is 6.92 Å². The minimum absolute atomic E-state index is 0.0376. The van der Waals surface area contributed by atoms with Crippen molar-refractivity contribution in [3.05, 3.63) is 29.8 Å². The van der Waals surface area contributed by atoms with Gasteiger partial charge in [-0.15, -0.1) is 0 Å². The number of hydrogen-bond acceptors (Lipinski definition) is 7. The molecule has 0 aromatic heterocycles. The zero-order valence-electron chi connectivity index (χ0n) is 20.9. The van der Waals surface area contributed by atoms with E-state index in [0.29, 0.717) is 30.8 Å². The van der Waals surface area contributed by atoms with Crippen LogP contribution in [0.4, 0.5) is 15.3 Å². The second-order valence-corrected chi connectivity index (χ2v) is 8.39. The number of amides is 6. The molecular formula is C23H37N7O6. The molecule has 13 heteroatoms. The highest BCUT2D eigenvalue weighted by Gasteiger charge is 2.28. The summed E-state index contributed by atoms with van der Waals surface area (Å²) in [4.78, 5) is 59.7. The number of urea groups is 1. The predicted octanol–water partition coefficient (Wildman–Crippen LogP) is -0.0960. The van der Waals surface area contributed by atoms with E-state index in [0.717, 1.165) is 0 Å². The van der Waals surface area contributed by atoms with Crippen LogP contribution in [0, 0.1) is 5.92 Å². The molecule has 0 aliphatic rings. The van der Waals surface area contributed by atoms with Crippen LogP contribution in [-0.4, -0.2) is 61.6 Å².